The van der Waals surface area contributed by atoms with Crippen LogP contribution in [0.4, 0.5) is 0 Å². The van der Waals surface area contributed by atoms with Crippen molar-refractivity contribution in [2.45, 2.75) is 6.92 Å². The highest BCUT2D eigenvalue weighted by molar-refractivity contribution is 6.14. The number of para-hydroxylation sites is 1. The molecule has 1 nitrogen and oxygen atoms in total. The van der Waals surface area contributed by atoms with Gasteiger partial charge in [-0.05, 0) is 47.9 Å². The zero-order valence-electron chi connectivity index (χ0n) is 18.0. The summed E-state index contributed by atoms with van der Waals surface area (Å²) in [5.74, 6) is 0. The van der Waals surface area contributed by atoms with Gasteiger partial charge in [0, 0.05) is 22.0 Å². The van der Waals surface area contributed by atoms with Crippen LogP contribution in [0, 0.1) is 6.92 Å². The molecule has 0 saturated heterocycles. The fourth-order valence-corrected chi connectivity index (χ4v) is 4.74. The van der Waals surface area contributed by atoms with E-state index in [0.29, 0.717) is 0 Å². The number of rotatable bonds is 3. The third kappa shape index (κ3) is 3.02. The third-order valence-electron chi connectivity index (χ3n) is 6.26. The number of hydrogen-bond donors (Lipinski definition) is 0. The predicted molar refractivity (Wildman–Crippen MR) is 136 cm³/mol. The Hall–Kier alpha value is -4.10. The Bertz CT molecular complexity index is 1540. The highest BCUT2D eigenvalue weighted by Crippen LogP contribution is 2.38. The smallest absolute Gasteiger partial charge is 0.0619 e. The van der Waals surface area contributed by atoms with E-state index < -0.39 is 0 Å². The maximum absolute atomic E-state index is 2.42. The molecule has 1 aromatic heterocycles. The standard InChI is InChI=1S/C31H23N/c1-22-15-20-30-29(21-22)28-14-8-13-27(25-11-6-3-7-12-25)31(28)32(30)26-18-16-24(17-19-26)23-9-4-2-5-10-23/h2-21H,1H3. The SMILES string of the molecule is Cc1ccc2c(c1)c1cccc(-c3ccccc3)c1n2-c1ccc(-c2ccccc2)cc1. The fraction of sp³-hybridized carbons (Fsp3) is 0.0323. The van der Waals surface area contributed by atoms with Gasteiger partial charge in [-0.15, -0.1) is 0 Å². The molecule has 6 rings (SSSR count). The zero-order valence-corrected chi connectivity index (χ0v) is 18.0. The highest BCUT2D eigenvalue weighted by Gasteiger charge is 2.16. The second-order valence-corrected chi connectivity index (χ2v) is 8.34. The van der Waals surface area contributed by atoms with E-state index in [-0.39, 0.29) is 0 Å². The topological polar surface area (TPSA) is 4.93 Å². The van der Waals surface area contributed by atoms with Crippen molar-refractivity contribution in [2.75, 3.05) is 0 Å². The molecule has 6 aromatic rings. The second-order valence-electron chi connectivity index (χ2n) is 8.34. The molecule has 0 spiro atoms. The number of aryl methyl sites for hydroxylation is 1. The van der Waals surface area contributed by atoms with Crippen LogP contribution in [0.5, 0.6) is 0 Å². The molecule has 152 valence electrons. The molecule has 0 unspecified atom stereocenters. The maximum atomic E-state index is 2.42. The summed E-state index contributed by atoms with van der Waals surface area (Å²) in [5, 5.41) is 2.59. The van der Waals surface area contributed by atoms with Crippen molar-refractivity contribution in [3.8, 4) is 27.9 Å². The van der Waals surface area contributed by atoms with Crippen molar-refractivity contribution >= 4 is 21.8 Å². The lowest BCUT2D eigenvalue weighted by atomic mass is 10.0. The first-order chi connectivity index (χ1) is 15.8. The fourth-order valence-electron chi connectivity index (χ4n) is 4.74. The minimum absolute atomic E-state index is 1.18. The summed E-state index contributed by atoms with van der Waals surface area (Å²) in [7, 11) is 0. The second kappa shape index (κ2) is 7.55. The lowest BCUT2D eigenvalue weighted by Crippen LogP contribution is -1.95. The van der Waals surface area contributed by atoms with Crippen molar-refractivity contribution in [1.29, 1.82) is 0 Å². The predicted octanol–water partition coefficient (Wildman–Crippen LogP) is 8.43. The van der Waals surface area contributed by atoms with Crippen molar-refractivity contribution in [3.05, 3.63) is 127 Å². The summed E-state index contributed by atoms with van der Waals surface area (Å²) in [6.45, 7) is 2.16. The van der Waals surface area contributed by atoms with Crippen molar-refractivity contribution in [2.24, 2.45) is 0 Å². The van der Waals surface area contributed by atoms with Gasteiger partial charge >= 0.3 is 0 Å². The van der Waals surface area contributed by atoms with Crippen LogP contribution >= 0.6 is 0 Å². The third-order valence-corrected chi connectivity index (χ3v) is 6.26. The molecule has 32 heavy (non-hydrogen) atoms. The largest absolute Gasteiger partial charge is 0.309 e. The monoisotopic (exact) mass is 409 g/mol. The summed E-state index contributed by atoms with van der Waals surface area (Å²) in [5.41, 5.74) is 9.91. The molecule has 5 aromatic carbocycles. The van der Waals surface area contributed by atoms with E-state index in [1.54, 1.807) is 0 Å². The maximum Gasteiger partial charge on any atom is 0.0619 e. The average Bonchev–Trinajstić information content (AvgIpc) is 3.19. The Morgan fingerprint density at radius 3 is 1.88 bits per heavy atom. The highest BCUT2D eigenvalue weighted by atomic mass is 15.0. The molecule has 0 radical (unpaired) electrons. The Labute approximate surface area is 188 Å². The Balaban J connectivity index is 1.65. The van der Waals surface area contributed by atoms with Gasteiger partial charge in [-0.1, -0.05) is 103 Å². The van der Waals surface area contributed by atoms with Crippen molar-refractivity contribution < 1.29 is 0 Å². The Kier molecular flexibility index (Phi) is 4.40. The van der Waals surface area contributed by atoms with E-state index >= 15 is 0 Å². The summed E-state index contributed by atoms with van der Waals surface area (Å²) in [6, 6.07) is 43.6. The summed E-state index contributed by atoms with van der Waals surface area (Å²) >= 11 is 0. The van der Waals surface area contributed by atoms with Gasteiger partial charge in [-0.25, -0.2) is 0 Å². The van der Waals surface area contributed by atoms with E-state index in [1.165, 1.54) is 55.3 Å². The first-order valence-electron chi connectivity index (χ1n) is 11.0. The molecule has 1 heteroatoms. The van der Waals surface area contributed by atoms with Crippen LogP contribution in [0.25, 0.3) is 49.7 Å². The van der Waals surface area contributed by atoms with Gasteiger partial charge < -0.3 is 4.57 Å². The Morgan fingerprint density at radius 1 is 0.500 bits per heavy atom. The number of aromatic nitrogens is 1. The molecule has 0 aliphatic rings. The Morgan fingerprint density at radius 2 is 1.16 bits per heavy atom. The normalized spacial score (nSPS) is 11.3. The number of hydrogen-bond acceptors (Lipinski definition) is 0. The molecule has 0 fully saturated rings. The molecule has 1 heterocycles. The molecule has 0 aliphatic heterocycles. The van der Waals surface area contributed by atoms with E-state index in [1.807, 2.05) is 0 Å². The molecular formula is C31H23N. The number of benzene rings is 5. The van der Waals surface area contributed by atoms with Crippen LogP contribution in [-0.2, 0) is 0 Å². The van der Waals surface area contributed by atoms with Crippen molar-refractivity contribution in [1.82, 2.24) is 4.57 Å². The van der Waals surface area contributed by atoms with E-state index in [2.05, 4.69) is 133 Å². The summed E-state index contributed by atoms with van der Waals surface area (Å²) < 4.78 is 2.42. The van der Waals surface area contributed by atoms with Gasteiger partial charge in [0.2, 0.25) is 0 Å². The molecule has 0 bridgehead atoms. The first-order valence-corrected chi connectivity index (χ1v) is 11.0. The van der Waals surface area contributed by atoms with E-state index in [0.717, 1.165) is 0 Å². The van der Waals surface area contributed by atoms with E-state index in [4.69, 9.17) is 0 Å². The first kappa shape index (κ1) is 18.7. The van der Waals surface area contributed by atoms with Crippen LogP contribution < -0.4 is 0 Å². The summed E-state index contributed by atoms with van der Waals surface area (Å²) in [4.78, 5) is 0. The number of nitrogens with zero attached hydrogens (tertiary/aromatic N) is 1. The van der Waals surface area contributed by atoms with Gasteiger partial charge in [-0.2, -0.15) is 0 Å². The van der Waals surface area contributed by atoms with Crippen LogP contribution in [0.1, 0.15) is 5.56 Å². The van der Waals surface area contributed by atoms with Crippen molar-refractivity contribution in [3.63, 3.8) is 0 Å². The quantitative estimate of drug-likeness (QED) is 0.276. The zero-order chi connectivity index (χ0) is 21.5. The van der Waals surface area contributed by atoms with Gasteiger partial charge in [0.25, 0.3) is 0 Å². The molecular weight excluding hydrogens is 386 g/mol. The van der Waals surface area contributed by atoms with Crippen LogP contribution in [0.2, 0.25) is 0 Å². The van der Waals surface area contributed by atoms with E-state index in [9.17, 15) is 0 Å². The van der Waals surface area contributed by atoms with Crippen LogP contribution in [0.15, 0.2) is 121 Å². The lowest BCUT2D eigenvalue weighted by molar-refractivity contribution is 1.18. The molecule has 0 N–H and O–H groups in total. The molecule has 0 saturated carbocycles. The minimum Gasteiger partial charge on any atom is -0.309 e. The van der Waals surface area contributed by atoms with Gasteiger partial charge in [0.15, 0.2) is 0 Å². The van der Waals surface area contributed by atoms with Gasteiger partial charge in [0.1, 0.15) is 0 Å². The average molecular weight is 410 g/mol. The minimum atomic E-state index is 1.18. The lowest BCUT2D eigenvalue weighted by Gasteiger charge is -2.12. The van der Waals surface area contributed by atoms with Crippen LogP contribution in [0.3, 0.4) is 0 Å². The summed E-state index contributed by atoms with van der Waals surface area (Å²) in [6.07, 6.45) is 0. The van der Waals surface area contributed by atoms with Gasteiger partial charge in [-0.3, -0.25) is 0 Å². The number of fused-ring (bicyclic) bond motifs is 3. The molecule has 0 atom stereocenters. The van der Waals surface area contributed by atoms with Gasteiger partial charge in [0.05, 0.1) is 11.0 Å². The van der Waals surface area contributed by atoms with Crippen LogP contribution in [-0.4, -0.2) is 4.57 Å². The molecule has 0 aliphatic carbocycles. The molecule has 0 amide bonds.